The van der Waals surface area contributed by atoms with Gasteiger partial charge in [-0.15, -0.1) is 0 Å². The summed E-state index contributed by atoms with van der Waals surface area (Å²) in [6, 6.07) is -0.486. The lowest BCUT2D eigenvalue weighted by atomic mass is 9.98. The fraction of sp³-hybridized carbons (Fsp3) is 0.700. The number of carbonyl (C=O) groups excluding carboxylic acids is 2. The average Bonchev–Trinajstić information content (AvgIpc) is 2.75. The lowest BCUT2D eigenvalue weighted by Crippen LogP contribution is -2.50. The maximum absolute atomic E-state index is 12.0. The Morgan fingerprint density at radius 3 is 2.82 bits per heavy atom. The minimum Gasteiger partial charge on any atom is -0.481 e. The third kappa shape index (κ3) is 2.71. The van der Waals surface area contributed by atoms with Gasteiger partial charge in [-0.2, -0.15) is 0 Å². The molecule has 17 heavy (non-hydrogen) atoms. The molecule has 2 aliphatic rings. The smallest absolute Gasteiger partial charge is 0.308 e. The number of nitrogens with one attached hydrogen (secondary N) is 1. The summed E-state index contributed by atoms with van der Waals surface area (Å²) in [6.45, 7) is 0.838. The molecule has 6 nitrogen and oxygen atoms in total. The normalized spacial score (nSPS) is 28.9. The van der Waals surface area contributed by atoms with Crippen molar-refractivity contribution in [2.24, 2.45) is 5.92 Å². The van der Waals surface area contributed by atoms with Crippen molar-refractivity contribution in [1.29, 1.82) is 0 Å². The molecule has 0 aromatic heterocycles. The molecule has 2 heterocycles. The molecule has 0 saturated carbocycles. The van der Waals surface area contributed by atoms with Crippen LogP contribution in [0.25, 0.3) is 0 Å². The standard InChI is InChI=1S/C10H14N2O4S/c13-8(7-5-17-10(16)11-7)12-3-1-2-6(4-12)9(14)15/h6-7H,1-5H2,(H,11,16)(H,14,15)/t6-,7?/m1/s1. The molecule has 2 saturated heterocycles. The van der Waals surface area contributed by atoms with Gasteiger partial charge in [0.25, 0.3) is 5.24 Å². The van der Waals surface area contributed by atoms with Crippen LogP contribution in [0.5, 0.6) is 0 Å². The molecule has 1 unspecified atom stereocenters. The van der Waals surface area contributed by atoms with Gasteiger partial charge < -0.3 is 15.3 Å². The van der Waals surface area contributed by atoms with E-state index in [4.69, 9.17) is 5.11 Å². The SMILES string of the molecule is O=C1NC(C(=O)N2CCC[C@@H](C(=O)O)C2)CS1. The van der Waals surface area contributed by atoms with Gasteiger partial charge in [-0.3, -0.25) is 14.4 Å². The Morgan fingerprint density at radius 2 is 2.24 bits per heavy atom. The minimum atomic E-state index is -0.854. The van der Waals surface area contributed by atoms with Crippen molar-refractivity contribution in [1.82, 2.24) is 10.2 Å². The number of hydrogen-bond donors (Lipinski definition) is 2. The summed E-state index contributed by atoms with van der Waals surface area (Å²) < 4.78 is 0. The number of carboxylic acid groups (broad SMARTS) is 1. The summed E-state index contributed by atoms with van der Waals surface area (Å²) in [6.07, 6.45) is 1.32. The molecule has 2 amide bonds. The fourth-order valence-corrected chi connectivity index (χ4v) is 2.89. The molecule has 7 heteroatoms. The monoisotopic (exact) mass is 258 g/mol. The van der Waals surface area contributed by atoms with Gasteiger partial charge >= 0.3 is 5.97 Å². The predicted octanol–water partition coefficient (Wildman–Crippen LogP) is 0.135. The quantitative estimate of drug-likeness (QED) is 0.735. The third-order valence-electron chi connectivity index (χ3n) is 3.05. The Hall–Kier alpha value is -1.24. The second-order valence-corrected chi connectivity index (χ2v) is 5.25. The molecule has 0 spiro atoms. The zero-order chi connectivity index (χ0) is 12.4. The first kappa shape index (κ1) is 12.2. The molecule has 94 valence electrons. The summed E-state index contributed by atoms with van der Waals surface area (Å²) in [5.74, 6) is -1.05. The molecule has 0 radical (unpaired) electrons. The van der Waals surface area contributed by atoms with Crippen molar-refractivity contribution < 1.29 is 19.5 Å². The number of hydrogen-bond acceptors (Lipinski definition) is 4. The second-order valence-electron chi connectivity index (χ2n) is 4.26. The highest BCUT2D eigenvalue weighted by molar-refractivity contribution is 8.14. The van der Waals surface area contributed by atoms with E-state index in [9.17, 15) is 14.4 Å². The lowest BCUT2D eigenvalue weighted by Gasteiger charge is -2.32. The number of nitrogens with zero attached hydrogens (tertiary/aromatic N) is 1. The van der Waals surface area contributed by atoms with Crippen molar-refractivity contribution in [3.05, 3.63) is 0 Å². The largest absolute Gasteiger partial charge is 0.481 e. The van der Waals surface area contributed by atoms with Crippen LogP contribution in [0.3, 0.4) is 0 Å². The van der Waals surface area contributed by atoms with Gasteiger partial charge in [-0.05, 0) is 12.8 Å². The third-order valence-corrected chi connectivity index (χ3v) is 3.93. The van der Waals surface area contributed by atoms with Crippen LogP contribution in [0, 0.1) is 5.92 Å². The molecule has 0 aromatic carbocycles. The molecular weight excluding hydrogens is 244 g/mol. The maximum Gasteiger partial charge on any atom is 0.308 e. The van der Waals surface area contributed by atoms with Crippen molar-refractivity contribution in [2.45, 2.75) is 18.9 Å². The average molecular weight is 258 g/mol. The van der Waals surface area contributed by atoms with E-state index in [1.807, 2.05) is 0 Å². The lowest BCUT2D eigenvalue weighted by molar-refractivity contribution is -0.146. The zero-order valence-electron chi connectivity index (χ0n) is 9.22. The number of rotatable bonds is 2. The summed E-state index contributed by atoms with van der Waals surface area (Å²) in [5.41, 5.74) is 0. The predicted molar refractivity (Wildman–Crippen MR) is 61.7 cm³/mol. The molecule has 2 atom stereocenters. The van der Waals surface area contributed by atoms with E-state index >= 15 is 0 Å². The van der Waals surface area contributed by atoms with E-state index in [0.29, 0.717) is 25.1 Å². The van der Waals surface area contributed by atoms with E-state index in [2.05, 4.69) is 5.32 Å². The summed E-state index contributed by atoms with van der Waals surface area (Å²) in [7, 11) is 0. The maximum atomic E-state index is 12.0. The number of likely N-dealkylation sites (tertiary alicyclic amines) is 1. The van der Waals surface area contributed by atoms with Crippen molar-refractivity contribution in [3.63, 3.8) is 0 Å². The van der Waals surface area contributed by atoms with Crippen LogP contribution in [0.1, 0.15) is 12.8 Å². The molecular formula is C10H14N2O4S. The Morgan fingerprint density at radius 1 is 1.47 bits per heavy atom. The summed E-state index contributed by atoms with van der Waals surface area (Å²) >= 11 is 1.09. The van der Waals surface area contributed by atoms with Crippen LogP contribution in [0.15, 0.2) is 0 Å². The van der Waals surface area contributed by atoms with Crippen LogP contribution in [-0.4, -0.2) is 52.0 Å². The van der Waals surface area contributed by atoms with Crippen LogP contribution in [-0.2, 0) is 9.59 Å². The van der Waals surface area contributed by atoms with Crippen LogP contribution in [0.2, 0.25) is 0 Å². The van der Waals surface area contributed by atoms with Gasteiger partial charge in [-0.1, -0.05) is 11.8 Å². The van der Waals surface area contributed by atoms with Gasteiger partial charge in [0.2, 0.25) is 5.91 Å². The highest BCUT2D eigenvalue weighted by atomic mass is 32.2. The number of amides is 2. The Bertz CT molecular complexity index is 360. The Balaban J connectivity index is 1.95. The number of aliphatic carboxylic acids is 1. The number of thioether (sulfide) groups is 1. The van der Waals surface area contributed by atoms with E-state index in [-0.39, 0.29) is 17.7 Å². The first-order chi connectivity index (χ1) is 8.08. The van der Waals surface area contributed by atoms with E-state index in [1.54, 1.807) is 4.90 Å². The molecule has 2 N–H and O–H groups in total. The molecule has 0 bridgehead atoms. The van der Waals surface area contributed by atoms with Crippen molar-refractivity contribution in [2.75, 3.05) is 18.8 Å². The first-order valence-electron chi connectivity index (χ1n) is 5.53. The van der Waals surface area contributed by atoms with E-state index < -0.39 is 17.9 Å². The van der Waals surface area contributed by atoms with Crippen LogP contribution < -0.4 is 5.32 Å². The van der Waals surface area contributed by atoms with Gasteiger partial charge in [-0.25, -0.2) is 0 Å². The Kier molecular flexibility index (Phi) is 3.56. The molecule has 2 rings (SSSR count). The summed E-state index contributed by atoms with van der Waals surface area (Å²) in [4.78, 5) is 35.5. The fourth-order valence-electron chi connectivity index (χ4n) is 2.12. The van der Waals surface area contributed by atoms with Gasteiger partial charge in [0.1, 0.15) is 6.04 Å². The minimum absolute atomic E-state index is 0.158. The zero-order valence-corrected chi connectivity index (χ0v) is 10.0. The van der Waals surface area contributed by atoms with Gasteiger partial charge in [0.15, 0.2) is 0 Å². The van der Waals surface area contributed by atoms with E-state index in [1.165, 1.54) is 0 Å². The molecule has 0 aromatic rings. The molecule has 2 aliphatic heterocycles. The van der Waals surface area contributed by atoms with E-state index in [0.717, 1.165) is 11.8 Å². The topological polar surface area (TPSA) is 86.7 Å². The number of piperidine rings is 1. The highest BCUT2D eigenvalue weighted by Gasteiger charge is 2.35. The second kappa shape index (κ2) is 4.95. The number of carbonyl (C=O) groups is 3. The summed E-state index contributed by atoms with van der Waals surface area (Å²) in [5, 5.41) is 11.3. The Labute approximate surface area is 103 Å². The van der Waals surface area contributed by atoms with Crippen molar-refractivity contribution in [3.8, 4) is 0 Å². The van der Waals surface area contributed by atoms with Crippen LogP contribution in [0.4, 0.5) is 4.79 Å². The number of carboxylic acids is 1. The first-order valence-corrected chi connectivity index (χ1v) is 6.51. The van der Waals surface area contributed by atoms with Gasteiger partial charge in [0.05, 0.1) is 5.92 Å². The molecule has 0 aliphatic carbocycles. The van der Waals surface area contributed by atoms with Crippen molar-refractivity contribution >= 4 is 28.9 Å². The molecule has 2 fully saturated rings. The highest BCUT2D eigenvalue weighted by Crippen LogP contribution is 2.20. The van der Waals surface area contributed by atoms with Gasteiger partial charge in [0, 0.05) is 18.8 Å². The van der Waals surface area contributed by atoms with Crippen LogP contribution >= 0.6 is 11.8 Å².